The molecular formula is C17H20N4O3S. The van der Waals surface area contributed by atoms with Crippen molar-refractivity contribution in [2.75, 3.05) is 25.1 Å². The van der Waals surface area contributed by atoms with Crippen LogP contribution in [0.25, 0.3) is 0 Å². The number of anilines is 1. The van der Waals surface area contributed by atoms with E-state index < -0.39 is 5.97 Å². The van der Waals surface area contributed by atoms with E-state index in [0.29, 0.717) is 11.7 Å². The Morgan fingerprint density at radius 2 is 2.00 bits per heavy atom. The number of aromatic nitrogens is 2. The molecule has 0 aliphatic rings. The lowest BCUT2D eigenvalue weighted by Crippen LogP contribution is -2.27. The highest BCUT2D eigenvalue weighted by Gasteiger charge is 2.15. The van der Waals surface area contributed by atoms with Gasteiger partial charge in [0.2, 0.25) is 5.91 Å². The molecule has 1 amide bonds. The van der Waals surface area contributed by atoms with Crippen LogP contribution in [0.3, 0.4) is 0 Å². The van der Waals surface area contributed by atoms with Crippen LogP contribution in [0.4, 0.5) is 5.82 Å². The van der Waals surface area contributed by atoms with Crippen LogP contribution in [-0.2, 0) is 16.1 Å². The normalized spacial score (nSPS) is 10.3. The average Bonchev–Trinajstić information content (AvgIpc) is 2.60. The van der Waals surface area contributed by atoms with E-state index in [9.17, 15) is 9.59 Å². The quantitative estimate of drug-likeness (QED) is 0.458. The molecular weight excluding hydrogens is 340 g/mol. The van der Waals surface area contributed by atoms with Crippen molar-refractivity contribution >= 4 is 29.5 Å². The summed E-state index contributed by atoms with van der Waals surface area (Å²) in [5, 5.41) is 0.340. The van der Waals surface area contributed by atoms with Gasteiger partial charge in [-0.05, 0) is 12.5 Å². The summed E-state index contributed by atoms with van der Waals surface area (Å²) in [4.78, 5) is 33.6. The van der Waals surface area contributed by atoms with Crippen molar-refractivity contribution in [1.82, 2.24) is 14.9 Å². The number of nitrogens with zero attached hydrogens (tertiary/aromatic N) is 3. The molecule has 0 saturated heterocycles. The van der Waals surface area contributed by atoms with Crippen LogP contribution in [-0.4, -0.2) is 46.2 Å². The first kappa shape index (κ1) is 18.7. The lowest BCUT2D eigenvalue weighted by Gasteiger charge is -2.16. The first-order valence-corrected chi connectivity index (χ1v) is 8.70. The fourth-order valence-electron chi connectivity index (χ4n) is 2.00. The molecule has 0 spiro atoms. The van der Waals surface area contributed by atoms with Crippen LogP contribution >= 0.6 is 11.8 Å². The fourth-order valence-corrected chi connectivity index (χ4v) is 2.76. The van der Waals surface area contributed by atoms with Crippen molar-refractivity contribution in [2.45, 2.75) is 18.6 Å². The number of hydrogen-bond donors (Lipinski definition) is 1. The van der Waals surface area contributed by atoms with Crippen LogP contribution in [0.15, 0.2) is 41.7 Å². The number of carbonyl (C=O) groups is 2. The van der Waals surface area contributed by atoms with Crippen LogP contribution < -0.4 is 5.73 Å². The number of amides is 1. The summed E-state index contributed by atoms with van der Waals surface area (Å²) < 4.78 is 4.87. The van der Waals surface area contributed by atoms with Crippen LogP contribution in [0.5, 0.6) is 0 Å². The Morgan fingerprint density at radius 1 is 1.28 bits per heavy atom. The Hall–Kier alpha value is -2.61. The minimum atomic E-state index is -0.560. The van der Waals surface area contributed by atoms with Gasteiger partial charge in [0.15, 0.2) is 5.16 Å². The maximum absolute atomic E-state index is 12.2. The predicted octanol–water partition coefficient (Wildman–Crippen LogP) is 1.99. The van der Waals surface area contributed by atoms with Gasteiger partial charge in [-0.25, -0.2) is 14.8 Å². The maximum atomic E-state index is 12.2. The van der Waals surface area contributed by atoms with Gasteiger partial charge in [-0.3, -0.25) is 4.79 Å². The Balaban J connectivity index is 1.91. The molecule has 1 aromatic heterocycles. The van der Waals surface area contributed by atoms with Crippen LogP contribution in [0, 0.1) is 0 Å². The molecule has 7 nitrogen and oxygen atoms in total. The Kier molecular flexibility index (Phi) is 6.76. The third-order valence-corrected chi connectivity index (χ3v) is 4.15. The minimum absolute atomic E-state index is 0.0426. The minimum Gasteiger partial charge on any atom is -0.462 e. The molecule has 0 atom stereocenters. The van der Waals surface area contributed by atoms with Gasteiger partial charge in [0.1, 0.15) is 11.4 Å². The van der Waals surface area contributed by atoms with Crippen molar-refractivity contribution in [2.24, 2.45) is 0 Å². The van der Waals surface area contributed by atoms with Crippen molar-refractivity contribution in [3.05, 3.63) is 47.7 Å². The first-order chi connectivity index (χ1) is 12.0. The summed E-state index contributed by atoms with van der Waals surface area (Å²) >= 11 is 1.17. The summed E-state index contributed by atoms with van der Waals surface area (Å²) in [6.45, 7) is 2.48. The molecule has 2 rings (SSSR count). The summed E-state index contributed by atoms with van der Waals surface area (Å²) in [5.74, 6) is -0.386. The molecule has 0 saturated carbocycles. The highest BCUT2D eigenvalue weighted by Crippen LogP contribution is 2.18. The maximum Gasteiger partial charge on any atom is 0.343 e. The van der Waals surface area contributed by atoms with Gasteiger partial charge in [0.05, 0.1) is 12.4 Å². The number of thioether (sulfide) groups is 1. The molecule has 2 aromatic rings. The molecule has 132 valence electrons. The van der Waals surface area contributed by atoms with Gasteiger partial charge in [-0.15, -0.1) is 0 Å². The van der Waals surface area contributed by atoms with Gasteiger partial charge >= 0.3 is 5.97 Å². The third kappa shape index (κ3) is 5.46. The average molecular weight is 360 g/mol. The number of esters is 1. The number of carbonyl (C=O) groups excluding carboxylic acids is 2. The second kappa shape index (κ2) is 9.03. The van der Waals surface area contributed by atoms with Crippen molar-refractivity contribution in [3.63, 3.8) is 0 Å². The standard InChI is InChI=1S/C17H20N4O3S/c1-3-24-16(23)13-9-19-17(20-15(13)18)25-11-14(22)21(2)10-12-7-5-4-6-8-12/h4-9H,3,10-11H2,1-2H3,(H2,18,19,20). The molecule has 8 heteroatoms. The summed E-state index contributed by atoms with van der Waals surface area (Å²) in [6, 6.07) is 9.74. The second-order valence-electron chi connectivity index (χ2n) is 5.20. The Bertz CT molecular complexity index is 740. The Morgan fingerprint density at radius 3 is 2.64 bits per heavy atom. The third-order valence-electron chi connectivity index (χ3n) is 3.30. The van der Waals surface area contributed by atoms with Gasteiger partial charge in [0, 0.05) is 19.8 Å². The smallest absolute Gasteiger partial charge is 0.343 e. The molecule has 0 unspecified atom stereocenters. The molecule has 0 fully saturated rings. The van der Waals surface area contributed by atoms with E-state index in [-0.39, 0.29) is 29.6 Å². The van der Waals surface area contributed by atoms with Gasteiger partial charge in [0.25, 0.3) is 0 Å². The van der Waals surface area contributed by atoms with Crippen molar-refractivity contribution in [3.8, 4) is 0 Å². The SMILES string of the molecule is CCOC(=O)c1cnc(SCC(=O)N(C)Cc2ccccc2)nc1N. The zero-order chi connectivity index (χ0) is 18.2. The number of benzene rings is 1. The second-order valence-corrected chi connectivity index (χ2v) is 6.14. The van der Waals surface area contributed by atoms with E-state index in [1.165, 1.54) is 18.0 Å². The number of nitrogens with two attached hydrogens (primary N) is 1. The lowest BCUT2D eigenvalue weighted by atomic mass is 10.2. The molecule has 0 radical (unpaired) electrons. The number of rotatable bonds is 7. The number of nitrogen functional groups attached to an aromatic ring is 1. The largest absolute Gasteiger partial charge is 0.462 e. The molecule has 1 heterocycles. The highest BCUT2D eigenvalue weighted by molar-refractivity contribution is 7.99. The first-order valence-electron chi connectivity index (χ1n) is 7.71. The fraction of sp³-hybridized carbons (Fsp3) is 0.294. The number of hydrogen-bond acceptors (Lipinski definition) is 7. The number of ether oxygens (including phenoxy) is 1. The van der Waals surface area contributed by atoms with Crippen LogP contribution in [0.2, 0.25) is 0 Å². The molecule has 25 heavy (non-hydrogen) atoms. The molecule has 1 aromatic carbocycles. The van der Waals surface area contributed by atoms with E-state index in [1.807, 2.05) is 30.3 Å². The van der Waals surface area contributed by atoms with E-state index in [4.69, 9.17) is 10.5 Å². The van der Waals surface area contributed by atoms with E-state index in [1.54, 1.807) is 18.9 Å². The Labute approximate surface area is 150 Å². The molecule has 0 aliphatic heterocycles. The van der Waals surface area contributed by atoms with Crippen molar-refractivity contribution in [1.29, 1.82) is 0 Å². The van der Waals surface area contributed by atoms with Crippen molar-refractivity contribution < 1.29 is 14.3 Å². The lowest BCUT2D eigenvalue weighted by molar-refractivity contribution is -0.127. The van der Waals surface area contributed by atoms with Crippen LogP contribution in [0.1, 0.15) is 22.8 Å². The molecule has 0 aliphatic carbocycles. The monoisotopic (exact) mass is 360 g/mol. The zero-order valence-electron chi connectivity index (χ0n) is 14.1. The van der Waals surface area contributed by atoms with Gasteiger partial charge < -0.3 is 15.4 Å². The van der Waals surface area contributed by atoms with E-state index in [2.05, 4.69) is 9.97 Å². The summed E-state index contributed by atoms with van der Waals surface area (Å²) in [5.41, 5.74) is 6.94. The van der Waals surface area contributed by atoms with Gasteiger partial charge in [-0.2, -0.15) is 0 Å². The molecule has 2 N–H and O–H groups in total. The molecule has 0 bridgehead atoms. The van der Waals surface area contributed by atoms with Gasteiger partial charge in [-0.1, -0.05) is 42.1 Å². The van der Waals surface area contributed by atoms with E-state index >= 15 is 0 Å². The predicted molar refractivity (Wildman–Crippen MR) is 96.0 cm³/mol. The summed E-state index contributed by atoms with van der Waals surface area (Å²) in [6.07, 6.45) is 1.32. The highest BCUT2D eigenvalue weighted by atomic mass is 32.2. The summed E-state index contributed by atoms with van der Waals surface area (Å²) in [7, 11) is 1.75. The van der Waals surface area contributed by atoms with E-state index in [0.717, 1.165) is 5.56 Å². The zero-order valence-corrected chi connectivity index (χ0v) is 15.0. The topological polar surface area (TPSA) is 98.4 Å².